The number of nitriles is 1. The van der Waals surface area contributed by atoms with Crippen LogP contribution in [0, 0.1) is 22.6 Å². The molecule has 0 bridgehead atoms. The van der Waals surface area contributed by atoms with Gasteiger partial charge in [-0.2, -0.15) is 23.5 Å². The number of para-hydroxylation sites is 1. The molecule has 2 aromatic heterocycles. The number of rotatable bonds is 7. The molecule has 3 aliphatic rings. The number of halogens is 6. The number of benzene rings is 2. The van der Waals surface area contributed by atoms with Crippen LogP contribution in [0.5, 0.6) is 11.5 Å². The molecular weight excluding hydrogens is 643 g/mol. The molecule has 1 aliphatic carbocycles. The highest BCUT2D eigenvalue weighted by Crippen LogP contribution is 2.51. The van der Waals surface area contributed by atoms with E-state index in [1.54, 1.807) is 37.3 Å². The van der Waals surface area contributed by atoms with E-state index < -0.39 is 41.1 Å². The first kappa shape index (κ1) is 31.3. The van der Waals surface area contributed by atoms with Gasteiger partial charge >= 0.3 is 6.18 Å². The molecule has 0 radical (unpaired) electrons. The summed E-state index contributed by atoms with van der Waals surface area (Å²) in [5, 5.41) is 15.6. The van der Waals surface area contributed by atoms with Crippen molar-refractivity contribution in [1.82, 2.24) is 25.1 Å². The molecule has 2 fully saturated rings. The molecule has 2 aliphatic heterocycles. The van der Waals surface area contributed by atoms with Crippen LogP contribution < -0.4 is 9.47 Å². The average molecular weight is 671 g/mol. The van der Waals surface area contributed by atoms with Gasteiger partial charge in [0, 0.05) is 48.3 Å². The third kappa shape index (κ3) is 6.00. The molecule has 47 heavy (non-hydrogen) atoms. The Morgan fingerprint density at radius 3 is 2.66 bits per heavy atom. The third-order valence-corrected chi connectivity index (χ3v) is 9.36. The first-order valence-corrected chi connectivity index (χ1v) is 15.5. The molecule has 1 saturated carbocycles. The van der Waals surface area contributed by atoms with Gasteiger partial charge < -0.3 is 9.47 Å². The summed E-state index contributed by atoms with van der Waals surface area (Å²) < 4.78 is 82.4. The zero-order valence-electron chi connectivity index (χ0n) is 25.0. The normalized spacial score (nSPS) is 23.4. The van der Waals surface area contributed by atoms with E-state index in [9.17, 15) is 22.8 Å². The number of aromatic nitrogens is 4. The molecule has 2 aromatic carbocycles. The SMILES string of the molecule is C[C@]1(c2ccc(Cl)cc2F)Oc2cccc([C@H]3CCN(Cc4ncc(-c5n[nH]c(C(F)(F)F)n5)cc4CC4(C#N)CC4)C[C@@H]3F)c2O1. The lowest BCUT2D eigenvalue weighted by Crippen LogP contribution is -2.40. The first-order chi connectivity index (χ1) is 22.4. The number of likely N-dealkylation sites (tertiary alicyclic amines) is 1. The van der Waals surface area contributed by atoms with Gasteiger partial charge in [-0.25, -0.2) is 13.8 Å². The van der Waals surface area contributed by atoms with Crippen LogP contribution in [0.1, 0.15) is 60.3 Å². The topological polar surface area (TPSA) is 100.0 Å². The van der Waals surface area contributed by atoms with Gasteiger partial charge in [-0.05, 0) is 68.1 Å². The van der Waals surface area contributed by atoms with Crippen molar-refractivity contribution in [3.8, 4) is 29.0 Å². The van der Waals surface area contributed by atoms with Gasteiger partial charge in [0.05, 0.1) is 22.7 Å². The van der Waals surface area contributed by atoms with Crippen molar-refractivity contribution in [2.45, 2.75) is 63.2 Å². The Labute approximate surface area is 271 Å². The van der Waals surface area contributed by atoms with Gasteiger partial charge in [0.15, 0.2) is 17.3 Å². The fourth-order valence-electron chi connectivity index (χ4n) is 6.40. The monoisotopic (exact) mass is 670 g/mol. The predicted molar refractivity (Wildman–Crippen MR) is 160 cm³/mol. The minimum absolute atomic E-state index is 0.0837. The molecule has 0 unspecified atom stereocenters. The summed E-state index contributed by atoms with van der Waals surface area (Å²) in [6.45, 7) is 2.48. The number of hydrogen-bond donors (Lipinski definition) is 1. The van der Waals surface area contributed by atoms with Crippen molar-refractivity contribution in [3.05, 3.63) is 87.7 Å². The maximum atomic E-state index is 16.0. The van der Waals surface area contributed by atoms with Gasteiger partial charge in [0.1, 0.15) is 12.0 Å². The smallest absolute Gasteiger partial charge is 0.444 e. The van der Waals surface area contributed by atoms with Crippen LogP contribution in [-0.4, -0.2) is 44.3 Å². The van der Waals surface area contributed by atoms with E-state index in [0.29, 0.717) is 60.5 Å². The van der Waals surface area contributed by atoms with E-state index in [1.807, 2.05) is 10.00 Å². The lowest BCUT2D eigenvalue weighted by atomic mass is 9.87. The zero-order valence-corrected chi connectivity index (χ0v) is 25.8. The summed E-state index contributed by atoms with van der Waals surface area (Å²) in [4.78, 5) is 10.1. The minimum atomic E-state index is -4.68. The number of alkyl halides is 4. The molecule has 7 rings (SSSR count). The quantitative estimate of drug-likeness (QED) is 0.203. The summed E-state index contributed by atoms with van der Waals surface area (Å²) in [6.07, 6.45) is -2.33. The Bertz CT molecular complexity index is 1890. The molecule has 1 saturated heterocycles. The largest absolute Gasteiger partial charge is 0.451 e. The standard InChI is InChI=1S/C33H28ClF5N6O2/c1-31(23-6-5-20(34)12-24(23)35)46-27-4-2-3-22(28(27)47-31)21-7-10-45(15-25(21)36)16-26-18(13-32(17-40)8-9-32)11-19(14-41-26)29-42-30(44-43-29)33(37,38)39/h2-6,11-12,14,21,25H,7-10,13,15-16H2,1H3,(H,42,43,44)/t21-,25+,31+/m1/s1. The average Bonchev–Trinajstić information content (AvgIpc) is 3.42. The Balaban J connectivity index is 1.09. The minimum Gasteiger partial charge on any atom is -0.444 e. The highest BCUT2D eigenvalue weighted by molar-refractivity contribution is 6.30. The number of pyridine rings is 1. The van der Waals surface area contributed by atoms with Crippen molar-refractivity contribution < 1.29 is 31.4 Å². The van der Waals surface area contributed by atoms with E-state index >= 15 is 4.39 Å². The number of nitrogens with zero attached hydrogens (tertiary/aromatic N) is 5. The molecule has 1 N–H and O–H groups in total. The molecule has 0 amide bonds. The van der Waals surface area contributed by atoms with E-state index in [-0.39, 0.29) is 35.1 Å². The van der Waals surface area contributed by atoms with Crippen LogP contribution in [0.3, 0.4) is 0 Å². The van der Waals surface area contributed by atoms with Crippen molar-refractivity contribution in [1.29, 1.82) is 5.26 Å². The molecule has 3 atom stereocenters. The Morgan fingerprint density at radius 1 is 1.17 bits per heavy atom. The van der Waals surface area contributed by atoms with E-state index in [1.165, 1.54) is 18.3 Å². The van der Waals surface area contributed by atoms with Gasteiger partial charge in [0.2, 0.25) is 5.82 Å². The first-order valence-electron chi connectivity index (χ1n) is 15.1. The number of fused-ring (bicyclic) bond motifs is 1. The molecule has 8 nitrogen and oxygen atoms in total. The summed E-state index contributed by atoms with van der Waals surface area (Å²) >= 11 is 5.93. The number of piperidine rings is 1. The molecular formula is C33H28ClF5N6O2. The van der Waals surface area contributed by atoms with Crippen LogP contribution in [0.15, 0.2) is 48.7 Å². The second kappa shape index (κ2) is 11.5. The van der Waals surface area contributed by atoms with E-state index in [2.05, 4.69) is 21.1 Å². The second-order valence-corrected chi connectivity index (χ2v) is 12.9. The van der Waals surface area contributed by atoms with Crippen LogP contribution in [0.4, 0.5) is 22.0 Å². The summed E-state index contributed by atoms with van der Waals surface area (Å²) in [7, 11) is 0. The van der Waals surface area contributed by atoms with Crippen molar-refractivity contribution in [3.63, 3.8) is 0 Å². The number of nitrogens with one attached hydrogen (secondary N) is 1. The fourth-order valence-corrected chi connectivity index (χ4v) is 6.56. The highest BCUT2D eigenvalue weighted by Gasteiger charge is 2.45. The Morgan fingerprint density at radius 2 is 1.98 bits per heavy atom. The van der Waals surface area contributed by atoms with Gasteiger partial charge in [0.25, 0.3) is 5.79 Å². The lowest BCUT2D eigenvalue weighted by Gasteiger charge is -2.35. The van der Waals surface area contributed by atoms with Crippen molar-refractivity contribution in [2.75, 3.05) is 13.1 Å². The van der Waals surface area contributed by atoms with E-state index in [0.717, 1.165) is 0 Å². The summed E-state index contributed by atoms with van der Waals surface area (Å²) in [5.74, 6) is -3.16. The van der Waals surface area contributed by atoms with Crippen LogP contribution in [0.25, 0.3) is 11.4 Å². The zero-order chi connectivity index (χ0) is 33.1. The predicted octanol–water partition coefficient (Wildman–Crippen LogP) is 7.50. The fraction of sp³-hybridized carbons (Fsp3) is 0.394. The molecule has 244 valence electrons. The van der Waals surface area contributed by atoms with Gasteiger partial charge in [-0.15, -0.1) is 0 Å². The summed E-state index contributed by atoms with van der Waals surface area (Å²) in [5.41, 5.74) is 1.84. The Hall–Kier alpha value is -4.28. The Kier molecular flexibility index (Phi) is 7.63. The van der Waals surface area contributed by atoms with Crippen LogP contribution in [-0.2, 0) is 24.9 Å². The maximum absolute atomic E-state index is 16.0. The lowest BCUT2D eigenvalue weighted by molar-refractivity contribution is -0.144. The van der Waals surface area contributed by atoms with Crippen molar-refractivity contribution in [2.24, 2.45) is 5.41 Å². The van der Waals surface area contributed by atoms with Gasteiger partial charge in [-0.3, -0.25) is 15.0 Å². The van der Waals surface area contributed by atoms with Crippen LogP contribution >= 0.6 is 11.6 Å². The van der Waals surface area contributed by atoms with Crippen molar-refractivity contribution >= 4 is 11.6 Å². The molecule has 4 heterocycles. The molecule has 0 spiro atoms. The van der Waals surface area contributed by atoms with E-state index in [4.69, 9.17) is 21.1 Å². The van der Waals surface area contributed by atoms with Crippen LogP contribution in [0.2, 0.25) is 5.02 Å². The molecule has 4 aromatic rings. The van der Waals surface area contributed by atoms with Gasteiger partial charge in [-0.1, -0.05) is 23.7 Å². The molecule has 14 heteroatoms. The number of aromatic amines is 1. The maximum Gasteiger partial charge on any atom is 0.451 e. The number of hydrogen-bond acceptors (Lipinski definition) is 7. The second-order valence-electron chi connectivity index (χ2n) is 12.5. The highest BCUT2D eigenvalue weighted by atomic mass is 35.5. The number of H-pyrrole nitrogens is 1. The summed E-state index contributed by atoms with van der Waals surface area (Å²) in [6, 6.07) is 13.5. The third-order valence-electron chi connectivity index (χ3n) is 9.12. The number of ether oxygens (including phenoxy) is 2.